The van der Waals surface area contributed by atoms with Gasteiger partial charge in [-0.1, -0.05) is 6.07 Å². The number of fused-ring (bicyclic) bond motifs is 1. The molecule has 1 aromatic rings. The number of benzene rings is 1. The smallest absolute Gasteiger partial charge is 0.305 e. The van der Waals surface area contributed by atoms with Crippen LogP contribution < -0.4 is 10.1 Å². The molecule has 2 rings (SSSR count). The standard InChI is InChI=1S/C17H23NO5/c1-10-5-12-13(8-23-14(12)6-11(10)2)16(21)18-17(3,9-22-4)7-15(19)20/h5-6,13H,7-9H2,1-4H3,(H,18,21)(H,19,20). The summed E-state index contributed by atoms with van der Waals surface area (Å²) in [6.45, 7) is 6.04. The molecule has 1 aromatic carbocycles. The minimum atomic E-state index is -0.987. The molecule has 0 saturated carbocycles. The molecule has 0 aliphatic carbocycles. The van der Waals surface area contributed by atoms with E-state index in [4.69, 9.17) is 14.6 Å². The first-order valence-electron chi connectivity index (χ1n) is 7.52. The van der Waals surface area contributed by atoms with Crippen LogP contribution in [0.5, 0.6) is 5.75 Å². The van der Waals surface area contributed by atoms with Gasteiger partial charge in [-0.05, 0) is 38.0 Å². The van der Waals surface area contributed by atoms with Crippen LogP contribution in [0.15, 0.2) is 12.1 Å². The van der Waals surface area contributed by atoms with Gasteiger partial charge in [-0.3, -0.25) is 9.59 Å². The zero-order chi connectivity index (χ0) is 17.2. The summed E-state index contributed by atoms with van der Waals surface area (Å²) >= 11 is 0. The third-order valence-corrected chi connectivity index (χ3v) is 4.15. The molecule has 23 heavy (non-hydrogen) atoms. The predicted molar refractivity (Wildman–Crippen MR) is 84.8 cm³/mol. The maximum atomic E-state index is 12.6. The Balaban J connectivity index is 2.19. The van der Waals surface area contributed by atoms with Gasteiger partial charge in [0.1, 0.15) is 18.3 Å². The molecule has 0 spiro atoms. The highest BCUT2D eigenvalue weighted by Gasteiger charge is 2.36. The van der Waals surface area contributed by atoms with Gasteiger partial charge in [0.15, 0.2) is 0 Å². The van der Waals surface area contributed by atoms with E-state index in [9.17, 15) is 9.59 Å². The molecule has 1 aliphatic heterocycles. The Morgan fingerprint density at radius 3 is 2.65 bits per heavy atom. The number of carboxylic acid groups (broad SMARTS) is 1. The molecular formula is C17H23NO5. The van der Waals surface area contributed by atoms with Crippen molar-refractivity contribution in [3.8, 4) is 5.75 Å². The second-order valence-electron chi connectivity index (χ2n) is 6.39. The van der Waals surface area contributed by atoms with E-state index in [2.05, 4.69) is 5.32 Å². The van der Waals surface area contributed by atoms with E-state index in [1.807, 2.05) is 26.0 Å². The molecule has 126 valence electrons. The first-order chi connectivity index (χ1) is 10.8. The maximum absolute atomic E-state index is 12.6. The molecular weight excluding hydrogens is 298 g/mol. The van der Waals surface area contributed by atoms with Crippen LogP contribution in [0.3, 0.4) is 0 Å². The van der Waals surface area contributed by atoms with Crippen molar-refractivity contribution in [3.05, 3.63) is 28.8 Å². The van der Waals surface area contributed by atoms with Crippen LogP contribution in [0.25, 0.3) is 0 Å². The maximum Gasteiger partial charge on any atom is 0.305 e. The Hall–Kier alpha value is -2.08. The minimum absolute atomic E-state index is 0.123. The van der Waals surface area contributed by atoms with Gasteiger partial charge in [-0.25, -0.2) is 0 Å². The van der Waals surface area contributed by atoms with Gasteiger partial charge in [0, 0.05) is 12.7 Å². The lowest BCUT2D eigenvalue weighted by Crippen LogP contribution is -2.52. The predicted octanol–water partition coefficient (Wildman–Crippen LogP) is 1.78. The number of hydrogen-bond donors (Lipinski definition) is 2. The van der Waals surface area contributed by atoms with Crippen molar-refractivity contribution >= 4 is 11.9 Å². The Bertz CT molecular complexity index is 628. The number of carboxylic acids is 1. The number of rotatable bonds is 6. The number of carbonyl (C=O) groups is 2. The molecule has 6 heteroatoms. The van der Waals surface area contributed by atoms with Crippen LogP contribution in [0.4, 0.5) is 0 Å². The summed E-state index contributed by atoms with van der Waals surface area (Å²) in [5.41, 5.74) is 2.10. The van der Waals surface area contributed by atoms with Crippen molar-refractivity contribution in [2.45, 2.75) is 38.6 Å². The molecule has 1 amide bonds. The second-order valence-corrected chi connectivity index (χ2v) is 6.39. The van der Waals surface area contributed by atoms with E-state index in [1.54, 1.807) is 6.92 Å². The molecule has 2 N–H and O–H groups in total. The van der Waals surface area contributed by atoms with Crippen molar-refractivity contribution in [3.63, 3.8) is 0 Å². The molecule has 0 aromatic heterocycles. The largest absolute Gasteiger partial charge is 0.492 e. The summed E-state index contributed by atoms with van der Waals surface area (Å²) in [4.78, 5) is 23.7. The van der Waals surface area contributed by atoms with Crippen molar-refractivity contribution in [2.24, 2.45) is 0 Å². The Kier molecular flexibility index (Phi) is 4.94. The van der Waals surface area contributed by atoms with Crippen LogP contribution in [0, 0.1) is 13.8 Å². The van der Waals surface area contributed by atoms with Crippen molar-refractivity contribution in [1.29, 1.82) is 0 Å². The average Bonchev–Trinajstić information content (AvgIpc) is 2.81. The second kappa shape index (κ2) is 6.58. The van der Waals surface area contributed by atoms with Crippen LogP contribution >= 0.6 is 0 Å². The summed E-state index contributed by atoms with van der Waals surface area (Å²) in [5.74, 6) is -0.943. The van der Waals surface area contributed by atoms with Crippen LogP contribution in [-0.2, 0) is 14.3 Å². The molecule has 0 fully saturated rings. The van der Waals surface area contributed by atoms with Crippen molar-refractivity contribution in [1.82, 2.24) is 5.32 Å². The monoisotopic (exact) mass is 321 g/mol. The zero-order valence-corrected chi connectivity index (χ0v) is 13.9. The fourth-order valence-electron chi connectivity index (χ4n) is 2.86. The topological polar surface area (TPSA) is 84.9 Å². The third-order valence-electron chi connectivity index (χ3n) is 4.15. The Morgan fingerprint density at radius 2 is 2.04 bits per heavy atom. The lowest BCUT2D eigenvalue weighted by molar-refractivity contribution is -0.139. The van der Waals surface area contributed by atoms with Gasteiger partial charge in [0.2, 0.25) is 5.91 Å². The van der Waals surface area contributed by atoms with Gasteiger partial charge in [-0.15, -0.1) is 0 Å². The SMILES string of the molecule is COCC(C)(CC(=O)O)NC(=O)C1COc2cc(C)c(C)cc21. The summed E-state index contributed by atoms with van der Waals surface area (Å²) in [6.07, 6.45) is -0.208. The fourth-order valence-corrected chi connectivity index (χ4v) is 2.86. The van der Waals surface area contributed by atoms with Gasteiger partial charge in [0.05, 0.1) is 18.6 Å². The van der Waals surface area contributed by atoms with E-state index in [-0.39, 0.29) is 25.5 Å². The number of aryl methyl sites for hydroxylation is 2. The van der Waals surface area contributed by atoms with Crippen molar-refractivity contribution in [2.75, 3.05) is 20.3 Å². The summed E-state index contributed by atoms with van der Waals surface area (Å²) in [5, 5.41) is 11.9. The fraction of sp³-hybridized carbons (Fsp3) is 0.529. The number of ether oxygens (including phenoxy) is 2. The van der Waals surface area contributed by atoms with E-state index in [0.29, 0.717) is 0 Å². The number of nitrogens with one attached hydrogen (secondary N) is 1. The Morgan fingerprint density at radius 1 is 1.39 bits per heavy atom. The molecule has 1 aliphatic rings. The van der Waals surface area contributed by atoms with Crippen LogP contribution in [0.2, 0.25) is 0 Å². The molecule has 1 heterocycles. The lowest BCUT2D eigenvalue weighted by Gasteiger charge is -2.29. The number of carbonyl (C=O) groups excluding carboxylic acids is 1. The lowest BCUT2D eigenvalue weighted by atomic mass is 9.93. The third kappa shape index (κ3) is 3.82. The molecule has 0 bridgehead atoms. The molecule has 6 nitrogen and oxygen atoms in total. The van der Waals surface area contributed by atoms with Gasteiger partial charge < -0.3 is 19.9 Å². The number of methoxy groups -OCH3 is 1. The van der Waals surface area contributed by atoms with Crippen molar-refractivity contribution < 1.29 is 24.2 Å². The Labute approximate surface area is 135 Å². The van der Waals surface area contributed by atoms with Gasteiger partial charge >= 0.3 is 5.97 Å². The first-order valence-corrected chi connectivity index (χ1v) is 7.52. The minimum Gasteiger partial charge on any atom is -0.492 e. The molecule has 2 atom stereocenters. The number of aliphatic carboxylic acids is 1. The quantitative estimate of drug-likeness (QED) is 0.834. The van der Waals surface area contributed by atoms with E-state index >= 15 is 0 Å². The highest BCUT2D eigenvalue weighted by atomic mass is 16.5. The van der Waals surface area contributed by atoms with Crippen LogP contribution in [-0.4, -0.2) is 42.8 Å². The van der Waals surface area contributed by atoms with Gasteiger partial charge in [-0.2, -0.15) is 0 Å². The van der Waals surface area contributed by atoms with Gasteiger partial charge in [0.25, 0.3) is 0 Å². The molecule has 2 unspecified atom stereocenters. The molecule has 0 radical (unpaired) electrons. The zero-order valence-electron chi connectivity index (χ0n) is 13.9. The van der Waals surface area contributed by atoms with E-state index in [0.717, 1.165) is 22.4 Å². The highest BCUT2D eigenvalue weighted by molar-refractivity contribution is 5.86. The summed E-state index contributed by atoms with van der Waals surface area (Å²) in [7, 11) is 1.48. The van der Waals surface area contributed by atoms with E-state index < -0.39 is 17.4 Å². The molecule has 0 saturated heterocycles. The number of amides is 1. The highest BCUT2D eigenvalue weighted by Crippen LogP contribution is 2.36. The average molecular weight is 321 g/mol. The normalized spacial score (nSPS) is 18.7. The van der Waals surface area contributed by atoms with Crippen LogP contribution in [0.1, 0.15) is 36.0 Å². The summed E-state index contributed by atoms with van der Waals surface area (Å²) in [6, 6.07) is 3.90. The summed E-state index contributed by atoms with van der Waals surface area (Å²) < 4.78 is 10.7. The van der Waals surface area contributed by atoms with E-state index in [1.165, 1.54) is 7.11 Å². The first kappa shape index (κ1) is 17.3. The number of hydrogen-bond acceptors (Lipinski definition) is 4.